The van der Waals surface area contributed by atoms with Gasteiger partial charge in [0.15, 0.2) is 0 Å². The molecule has 0 radical (unpaired) electrons. The molecule has 2 N–H and O–H groups in total. The lowest BCUT2D eigenvalue weighted by atomic mass is 10.1. The zero-order chi connectivity index (χ0) is 13.1. The standard InChI is InChI=1S/C16H21N3/c17-12-14-7-2-1-5-11-19(14)16-10-9-13-6-3-4-8-15(13)18-16/h3-4,6,8-10,14H,1-2,5,7,11-12,17H2. The van der Waals surface area contributed by atoms with Gasteiger partial charge in [-0.3, -0.25) is 0 Å². The van der Waals surface area contributed by atoms with Gasteiger partial charge in [0, 0.05) is 24.5 Å². The summed E-state index contributed by atoms with van der Waals surface area (Å²) >= 11 is 0. The Balaban J connectivity index is 1.96. The summed E-state index contributed by atoms with van der Waals surface area (Å²) in [7, 11) is 0. The van der Waals surface area contributed by atoms with Crippen molar-refractivity contribution in [3.63, 3.8) is 0 Å². The van der Waals surface area contributed by atoms with E-state index in [1.54, 1.807) is 0 Å². The Kier molecular flexibility index (Phi) is 3.65. The Morgan fingerprint density at radius 2 is 2.00 bits per heavy atom. The molecule has 1 aromatic heterocycles. The number of hydrogen-bond donors (Lipinski definition) is 1. The lowest BCUT2D eigenvalue weighted by molar-refractivity contribution is 0.576. The van der Waals surface area contributed by atoms with Gasteiger partial charge in [0.05, 0.1) is 5.52 Å². The van der Waals surface area contributed by atoms with Crippen LogP contribution in [0.5, 0.6) is 0 Å². The van der Waals surface area contributed by atoms with Gasteiger partial charge in [0.2, 0.25) is 0 Å². The smallest absolute Gasteiger partial charge is 0.129 e. The maximum absolute atomic E-state index is 5.94. The van der Waals surface area contributed by atoms with Crippen molar-refractivity contribution in [2.24, 2.45) is 5.73 Å². The SMILES string of the molecule is NCC1CCCCCN1c1ccc2ccccc2n1. The molecule has 100 valence electrons. The van der Waals surface area contributed by atoms with Crippen LogP contribution in [0.3, 0.4) is 0 Å². The van der Waals surface area contributed by atoms with Gasteiger partial charge in [0.1, 0.15) is 5.82 Å². The molecule has 0 bridgehead atoms. The summed E-state index contributed by atoms with van der Waals surface area (Å²) in [6, 6.07) is 13.0. The minimum Gasteiger partial charge on any atom is -0.352 e. The first-order chi connectivity index (χ1) is 9.38. The Hall–Kier alpha value is -1.61. The van der Waals surface area contributed by atoms with E-state index in [1.165, 1.54) is 31.1 Å². The summed E-state index contributed by atoms with van der Waals surface area (Å²) in [6.07, 6.45) is 5.02. The minimum atomic E-state index is 0.441. The van der Waals surface area contributed by atoms with E-state index in [1.807, 2.05) is 6.07 Å². The fourth-order valence-electron chi connectivity index (χ4n) is 2.94. The van der Waals surface area contributed by atoms with Crippen LogP contribution in [0.2, 0.25) is 0 Å². The zero-order valence-electron chi connectivity index (χ0n) is 11.3. The molecule has 0 saturated carbocycles. The fraction of sp³-hybridized carbons (Fsp3) is 0.438. The van der Waals surface area contributed by atoms with Crippen LogP contribution in [0, 0.1) is 0 Å². The second kappa shape index (κ2) is 5.57. The van der Waals surface area contributed by atoms with Crippen LogP contribution in [-0.2, 0) is 0 Å². The van der Waals surface area contributed by atoms with Crippen molar-refractivity contribution in [2.45, 2.75) is 31.7 Å². The first kappa shape index (κ1) is 12.4. The van der Waals surface area contributed by atoms with Crippen LogP contribution in [0.1, 0.15) is 25.7 Å². The molecule has 1 aliphatic heterocycles. The number of rotatable bonds is 2. The van der Waals surface area contributed by atoms with Crippen molar-refractivity contribution in [3.05, 3.63) is 36.4 Å². The quantitative estimate of drug-likeness (QED) is 0.897. The molecule has 1 aliphatic rings. The summed E-state index contributed by atoms with van der Waals surface area (Å²) < 4.78 is 0. The molecule has 3 nitrogen and oxygen atoms in total. The lowest BCUT2D eigenvalue weighted by Crippen LogP contribution is -2.40. The van der Waals surface area contributed by atoms with Crippen LogP contribution in [-0.4, -0.2) is 24.1 Å². The molecule has 2 aromatic rings. The molecule has 1 unspecified atom stereocenters. The second-order valence-corrected chi connectivity index (χ2v) is 5.29. The topological polar surface area (TPSA) is 42.1 Å². The molecule has 1 saturated heterocycles. The first-order valence-corrected chi connectivity index (χ1v) is 7.21. The molecule has 2 heterocycles. The van der Waals surface area contributed by atoms with Crippen molar-refractivity contribution in [1.82, 2.24) is 4.98 Å². The molecule has 0 amide bonds. The number of nitrogens with two attached hydrogens (primary N) is 1. The van der Waals surface area contributed by atoms with E-state index in [0.717, 1.165) is 17.9 Å². The Morgan fingerprint density at radius 3 is 2.89 bits per heavy atom. The predicted molar refractivity (Wildman–Crippen MR) is 80.4 cm³/mol. The van der Waals surface area contributed by atoms with Crippen molar-refractivity contribution < 1.29 is 0 Å². The largest absolute Gasteiger partial charge is 0.352 e. The van der Waals surface area contributed by atoms with Crippen molar-refractivity contribution in [3.8, 4) is 0 Å². The summed E-state index contributed by atoms with van der Waals surface area (Å²) in [4.78, 5) is 7.21. The third kappa shape index (κ3) is 2.56. The molecule has 0 aliphatic carbocycles. The van der Waals surface area contributed by atoms with Crippen LogP contribution in [0.4, 0.5) is 5.82 Å². The molecule has 3 heteroatoms. The Bertz CT molecular complexity index is 552. The predicted octanol–water partition coefficient (Wildman–Crippen LogP) is 2.94. The van der Waals surface area contributed by atoms with Crippen LogP contribution < -0.4 is 10.6 Å². The highest BCUT2D eigenvalue weighted by atomic mass is 15.2. The normalized spacial score (nSPS) is 20.5. The Labute approximate surface area is 114 Å². The van der Waals surface area contributed by atoms with Gasteiger partial charge in [-0.05, 0) is 31.0 Å². The summed E-state index contributed by atoms with van der Waals surface area (Å²) in [5.74, 6) is 1.08. The number of hydrogen-bond acceptors (Lipinski definition) is 3. The van der Waals surface area contributed by atoms with Gasteiger partial charge in [-0.15, -0.1) is 0 Å². The number of pyridine rings is 1. The maximum Gasteiger partial charge on any atom is 0.129 e. The van der Waals surface area contributed by atoms with E-state index >= 15 is 0 Å². The fourth-order valence-corrected chi connectivity index (χ4v) is 2.94. The monoisotopic (exact) mass is 255 g/mol. The molecule has 1 aromatic carbocycles. The average molecular weight is 255 g/mol. The first-order valence-electron chi connectivity index (χ1n) is 7.21. The highest BCUT2D eigenvalue weighted by Crippen LogP contribution is 2.24. The second-order valence-electron chi connectivity index (χ2n) is 5.29. The van der Waals surface area contributed by atoms with E-state index in [2.05, 4.69) is 35.2 Å². The molecule has 0 spiro atoms. The van der Waals surface area contributed by atoms with Gasteiger partial charge in [-0.1, -0.05) is 31.0 Å². The summed E-state index contributed by atoms with van der Waals surface area (Å²) in [5.41, 5.74) is 7.01. The van der Waals surface area contributed by atoms with E-state index in [9.17, 15) is 0 Å². The van der Waals surface area contributed by atoms with Crippen LogP contribution >= 0.6 is 0 Å². The molecular weight excluding hydrogens is 234 g/mol. The number of fused-ring (bicyclic) bond motifs is 1. The maximum atomic E-state index is 5.94. The highest BCUT2D eigenvalue weighted by Gasteiger charge is 2.20. The molecule has 1 fully saturated rings. The van der Waals surface area contributed by atoms with Crippen LogP contribution in [0.15, 0.2) is 36.4 Å². The number of anilines is 1. The van der Waals surface area contributed by atoms with Gasteiger partial charge in [-0.2, -0.15) is 0 Å². The summed E-state index contributed by atoms with van der Waals surface area (Å²) in [6.45, 7) is 1.79. The van der Waals surface area contributed by atoms with Crippen LogP contribution in [0.25, 0.3) is 10.9 Å². The average Bonchev–Trinajstić information content (AvgIpc) is 2.72. The van der Waals surface area contributed by atoms with Crippen molar-refractivity contribution in [2.75, 3.05) is 18.0 Å². The highest BCUT2D eigenvalue weighted by molar-refractivity contribution is 5.80. The van der Waals surface area contributed by atoms with E-state index in [4.69, 9.17) is 10.7 Å². The summed E-state index contributed by atoms with van der Waals surface area (Å²) in [5, 5.41) is 1.20. The molecule has 19 heavy (non-hydrogen) atoms. The number of benzene rings is 1. The van der Waals surface area contributed by atoms with E-state index in [-0.39, 0.29) is 0 Å². The van der Waals surface area contributed by atoms with Crippen molar-refractivity contribution in [1.29, 1.82) is 0 Å². The van der Waals surface area contributed by atoms with Crippen molar-refractivity contribution >= 4 is 16.7 Å². The number of nitrogens with zero attached hydrogens (tertiary/aromatic N) is 2. The van der Waals surface area contributed by atoms with E-state index < -0.39 is 0 Å². The lowest BCUT2D eigenvalue weighted by Gasteiger charge is -2.30. The molecule has 3 rings (SSSR count). The van der Waals surface area contributed by atoms with E-state index in [0.29, 0.717) is 12.6 Å². The Morgan fingerprint density at radius 1 is 1.11 bits per heavy atom. The zero-order valence-corrected chi connectivity index (χ0v) is 11.3. The van der Waals surface area contributed by atoms with Gasteiger partial charge < -0.3 is 10.6 Å². The third-order valence-corrected chi connectivity index (χ3v) is 4.03. The number of aromatic nitrogens is 1. The molecular formula is C16H21N3. The number of para-hydroxylation sites is 1. The minimum absolute atomic E-state index is 0.441. The van der Waals surface area contributed by atoms with Gasteiger partial charge in [-0.25, -0.2) is 4.98 Å². The van der Waals surface area contributed by atoms with Gasteiger partial charge >= 0.3 is 0 Å². The molecule has 1 atom stereocenters. The van der Waals surface area contributed by atoms with Gasteiger partial charge in [0.25, 0.3) is 0 Å². The third-order valence-electron chi connectivity index (χ3n) is 4.03.